The Balaban J connectivity index is 1.71. The van der Waals surface area contributed by atoms with Gasteiger partial charge in [0.05, 0.1) is 29.9 Å². The van der Waals surface area contributed by atoms with E-state index in [9.17, 15) is 24.0 Å². The fourth-order valence-electron chi connectivity index (χ4n) is 4.93. The topological polar surface area (TPSA) is 207 Å². The highest BCUT2D eigenvalue weighted by Crippen LogP contribution is 2.23. The van der Waals surface area contributed by atoms with Gasteiger partial charge in [-0.1, -0.05) is 36.4 Å². The molecule has 0 aliphatic rings. The number of urea groups is 1. The van der Waals surface area contributed by atoms with Gasteiger partial charge in [-0.25, -0.2) is 26.5 Å². The molecule has 4 amide bonds. The van der Waals surface area contributed by atoms with Crippen molar-refractivity contribution in [1.82, 2.24) is 9.80 Å². The number of anilines is 3. The molecule has 0 aliphatic heterocycles. The summed E-state index contributed by atoms with van der Waals surface area (Å²) in [6, 6.07) is 21.3. The number of nitrogens with zero attached hydrogens (tertiary/aromatic N) is 4. The zero-order chi connectivity index (χ0) is 36.8. The summed E-state index contributed by atoms with van der Waals surface area (Å²) in [7, 11) is 1.53. The van der Waals surface area contributed by atoms with Crippen molar-refractivity contribution in [1.29, 1.82) is 0 Å². The lowest BCUT2D eigenvalue weighted by Gasteiger charge is -2.31. The molecule has 0 saturated heterocycles. The second kappa shape index (κ2) is 18.4. The Labute approximate surface area is 291 Å². The highest BCUT2D eigenvalue weighted by molar-refractivity contribution is 6.02. The first-order chi connectivity index (χ1) is 23.8. The van der Waals surface area contributed by atoms with Crippen molar-refractivity contribution < 1.29 is 33.5 Å². The van der Waals surface area contributed by atoms with Crippen LogP contribution in [0.1, 0.15) is 42.6 Å². The minimum Gasteiger partial charge on any atom is -0.385 e. The summed E-state index contributed by atoms with van der Waals surface area (Å²) < 4.78 is 5.15. The predicted molar refractivity (Wildman–Crippen MR) is 189 cm³/mol. The Hall–Kier alpha value is -5.35. The molecule has 0 heterocycles. The Bertz CT molecular complexity index is 1620. The summed E-state index contributed by atoms with van der Waals surface area (Å²) in [5.41, 5.74) is 1.40. The van der Waals surface area contributed by atoms with E-state index in [4.69, 9.17) is 22.3 Å². The summed E-state index contributed by atoms with van der Waals surface area (Å²) in [5, 5.41) is 5.07. The van der Waals surface area contributed by atoms with Crippen molar-refractivity contribution in [2.24, 2.45) is 17.6 Å². The number of aryl methyl sites for hydroxylation is 1. The molecule has 0 spiro atoms. The zero-order valence-corrected chi connectivity index (χ0v) is 28.8. The third-order valence-corrected chi connectivity index (χ3v) is 7.90. The van der Waals surface area contributed by atoms with E-state index in [0.717, 1.165) is 15.6 Å². The van der Waals surface area contributed by atoms with Gasteiger partial charge in [0.15, 0.2) is 5.78 Å². The van der Waals surface area contributed by atoms with E-state index >= 15 is 0 Å². The molecule has 50 heavy (non-hydrogen) atoms. The number of methoxy groups -OCH3 is 1. The molecule has 7 N–H and O–H groups in total. The number of nitrogens with two attached hydrogens (primary N) is 3. The lowest BCUT2D eigenvalue weighted by molar-refractivity contribution is -0.144. The van der Waals surface area contributed by atoms with E-state index in [0.29, 0.717) is 35.7 Å². The van der Waals surface area contributed by atoms with Crippen LogP contribution in [0.25, 0.3) is 0 Å². The molecule has 0 saturated carbocycles. The van der Waals surface area contributed by atoms with Crippen molar-refractivity contribution in [3.05, 3.63) is 90.0 Å². The van der Waals surface area contributed by atoms with Gasteiger partial charge in [0.1, 0.15) is 6.54 Å². The number of rotatable bonds is 17. The lowest BCUT2D eigenvalue weighted by atomic mass is 9.97. The molecule has 3 aromatic rings. The molecule has 0 aromatic heterocycles. The first kappa shape index (κ1) is 39.1. The number of carbonyl (C=O) groups excluding carboxylic acids is 5. The van der Waals surface area contributed by atoms with Crippen LogP contribution < -0.4 is 32.9 Å². The van der Waals surface area contributed by atoms with E-state index in [1.807, 2.05) is 19.1 Å². The summed E-state index contributed by atoms with van der Waals surface area (Å²) in [4.78, 5) is 72.2. The number of Topliss-reactive ketones (excluding diaryl/α,β-unsaturated/α-hetero) is 1. The molecule has 0 atom stereocenters. The molecular formula is C35H46N8O7. The van der Waals surface area contributed by atoms with Gasteiger partial charge in [-0.3, -0.25) is 19.2 Å². The van der Waals surface area contributed by atoms with Crippen molar-refractivity contribution in [3.8, 4) is 0 Å². The number of benzene rings is 3. The SMILES string of the molecule is COCCCN(CC(=O)C(C)(C)Nc1ccc(N(N)C(=O)N(N)c2ccccc2C)cc1)C(=O)CN(CCC(=O)ON)C(=O)c1ccccc1. The van der Waals surface area contributed by atoms with Crippen LogP contribution in [0, 0.1) is 6.92 Å². The monoisotopic (exact) mass is 690 g/mol. The van der Waals surface area contributed by atoms with Gasteiger partial charge in [0.2, 0.25) is 5.91 Å². The number of ether oxygens (including phenoxy) is 1. The standard InChI is InChI=1S/C35H46N8O7/c1-25-11-8-9-14-29(25)43(37)34(48)42(36)28-17-15-27(16-18-28)39-35(2,3)30(44)23-40(20-10-22-49-4)31(45)24-41(21-19-32(46)50-38)33(47)26-12-6-5-7-13-26/h5-9,11-18,39H,10,19-24,36-38H2,1-4H3. The first-order valence-electron chi connectivity index (χ1n) is 15.9. The maximum atomic E-state index is 13.7. The molecule has 3 rings (SSSR count). The van der Waals surface area contributed by atoms with Gasteiger partial charge in [-0.05, 0) is 75.2 Å². The Morgan fingerprint density at radius 1 is 0.800 bits per heavy atom. The molecule has 0 fully saturated rings. The molecule has 3 aromatic carbocycles. The van der Waals surface area contributed by atoms with Crippen LogP contribution in [-0.4, -0.2) is 84.8 Å². The number of hydrazine groups is 2. The molecule has 0 unspecified atom stereocenters. The van der Waals surface area contributed by atoms with Gasteiger partial charge in [0.25, 0.3) is 5.91 Å². The van der Waals surface area contributed by atoms with Gasteiger partial charge in [-0.2, -0.15) is 5.90 Å². The third-order valence-electron chi connectivity index (χ3n) is 7.90. The summed E-state index contributed by atoms with van der Waals surface area (Å²) in [6.07, 6.45) is 0.212. The van der Waals surface area contributed by atoms with Crippen molar-refractivity contribution in [3.63, 3.8) is 0 Å². The number of hydrogen-bond donors (Lipinski definition) is 4. The van der Waals surface area contributed by atoms with Crippen LogP contribution in [0.3, 0.4) is 0 Å². The molecule has 15 nitrogen and oxygen atoms in total. The molecule has 0 radical (unpaired) electrons. The van der Waals surface area contributed by atoms with Crippen molar-refractivity contribution in [2.75, 3.05) is 55.2 Å². The van der Waals surface area contributed by atoms with E-state index < -0.39 is 29.4 Å². The van der Waals surface area contributed by atoms with E-state index in [2.05, 4.69) is 10.2 Å². The first-order valence-corrected chi connectivity index (χ1v) is 15.9. The van der Waals surface area contributed by atoms with E-state index in [1.165, 1.54) is 16.9 Å². The number of carbonyl (C=O) groups is 5. The van der Waals surface area contributed by atoms with Crippen LogP contribution in [0.5, 0.6) is 0 Å². The second-order valence-electron chi connectivity index (χ2n) is 12.0. The Kier molecular flexibility index (Phi) is 14.4. The number of amides is 4. The van der Waals surface area contributed by atoms with Crippen LogP contribution in [0.2, 0.25) is 0 Å². The Morgan fingerprint density at radius 3 is 2.06 bits per heavy atom. The number of para-hydroxylation sites is 1. The Morgan fingerprint density at radius 2 is 1.44 bits per heavy atom. The van der Waals surface area contributed by atoms with Crippen LogP contribution in [-0.2, 0) is 24.0 Å². The largest absolute Gasteiger partial charge is 0.385 e. The van der Waals surface area contributed by atoms with Gasteiger partial charge >= 0.3 is 12.0 Å². The molecule has 0 aliphatic carbocycles. The smallest absolute Gasteiger partial charge is 0.357 e. The average molecular weight is 691 g/mol. The molecule has 0 bridgehead atoms. The van der Waals surface area contributed by atoms with Crippen LogP contribution in [0.15, 0.2) is 78.9 Å². The maximum Gasteiger partial charge on any atom is 0.357 e. The number of hydrogen-bond acceptors (Lipinski definition) is 11. The quantitative estimate of drug-likeness (QED) is 0.0701. The summed E-state index contributed by atoms with van der Waals surface area (Å²) in [6.45, 7) is 4.92. The van der Waals surface area contributed by atoms with E-state index in [1.54, 1.807) is 80.6 Å². The number of ketones is 1. The van der Waals surface area contributed by atoms with E-state index in [-0.39, 0.29) is 38.4 Å². The van der Waals surface area contributed by atoms with Crippen molar-refractivity contribution >= 4 is 46.7 Å². The number of nitrogens with one attached hydrogen (secondary N) is 1. The molecular weight excluding hydrogens is 644 g/mol. The fourth-order valence-corrected chi connectivity index (χ4v) is 4.93. The fraction of sp³-hybridized carbons (Fsp3) is 0.343. The summed E-state index contributed by atoms with van der Waals surface area (Å²) in [5.74, 6) is 15.1. The average Bonchev–Trinajstić information content (AvgIpc) is 3.12. The molecule has 15 heteroatoms. The maximum absolute atomic E-state index is 13.7. The second-order valence-corrected chi connectivity index (χ2v) is 12.0. The third kappa shape index (κ3) is 10.8. The normalized spacial score (nSPS) is 10.9. The minimum absolute atomic E-state index is 0.126. The van der Waals surface area contributed by atoms with Crippen LogP contribution in [0.4, 0.5) is 21.9 Å². The van der Waals surface area contributed by atoms with Gasteiger partial charge in [0, 0.05) is 38.1 Å². The lowest BCUT2D eigenvalue weighted by Crippen LogP contribution is -2.51. The van der Waals surface area contributed by atoms with Crippen molar-refractivity contribution in [2.45, 2.75) is 39.2 Å². The zero-order valence-electron chi connectivity index (χ0n) is 28.8. The highest BCUT2D eigenvalue weighted by Gasteiger charge is 2.31. The summed E-state index contributed by atoms with van der Waals surface area (Å²) >= 11 is 0. The highest BCUT2D eigenvalue weighted by atomic mass is 16.7. The van der Waals surface area contributed by atoms with Crippen LogP contribution >= 0.6 is 0 Å². The van der Waals surface area contributed by atoms with Gasteiger partial charge in [-0.15, -0.1) is 0 Å². The predicted octanol–water partition coefficient (Wildman–Crippen LogP) is 2.75. The van der Waals surface area contributed by atoms with Gasteiger partial charge < -0.3 is 24.7 Å². The molecule has 268 valence electrons. The minimum atomic E-state index is -1.15.